The molecule has 5 heteroatoms. The van der Waals surface area contributed by atoms with Crippen LogP contribution in [0.1, 0.15) is 17.4 Å². The van der Waals surface area contributed by atoms with Crippen LogP contribution >= 0.6 is 11.6 Å². The van der Waals surface area contributed by atoms with Crippen LogP contribution in [-0.4, -0.2) is 23.2 Å². The van der Waals surface area contributed by atoms with E-state index in [1.54, 1.807) is 0 Å². The largest absolute Gasteiger partial charge is 0.349 e. The third-order valence-corrected chi connectivity index (χ3v) is 2.76. The van der Waals surface area contributed by atoms with Gasteiger partial charge in [0, 0.05) is 10.9 Å². The fourth-order valence-corrected chi connectivity index (χ4v) is 1.86. The molecule has 2 rings (SSSR count). The summed E-state index contributed by atoms with van der Waals surface area (Å²) in [6.07, 6.45) is 0. The maximum atomic E-state index is 11.8. The minimum absolute atomic E-state index is 0.00449. The second kappa shape index (κ2) is 4.59. The van der Waals surface area contributed by atoms with Crippen molar-refractivity contribution in [2.24, 2.45) is 0 Å². The van der Waals surface area contributed by atoms with Gasteiger partial charge in [0.2, 0.25) is 0 Å². The molecule has 0 bridgehead atoms. The number of Topliss-reactive ketones (excluding diaryl/α,β-unsaturated/α-hetero) is 1. The highest BCUT2D eigenvalue weighted by Crippen LogP contribution is 2.26. The average Bonchev–Trinajstić information content (AvgIpc) is 2.64. The summed E-state index contributed by atoms with van der Waals surface area (Å²) in [7, 11) is 0. The molecule has 0 aliphatic carbocycles. The molecule has 0 unspecified atom stereocenters. The second-order valence-corrected chi connectivity index (χ2v) is 4.12. The van der Waals surface area contributed by atoms with Crippen LogP contribution in [0.4, 0.5) is 0 Å². The van der Waals surface area contributed by atoms with E-state index in [1.807, 2.05) is 24.3 Å². The molecule has 0 saturated carbocycles. The molecule has 88 valence electrons. The lowest BCUT2D eigenvalue weighted by Gasteiger charge is -2.00. The number of carbonyl (C=O) groups excluding carboxylic acids is 2. The number of benzene rings is 1. The van der Waals surface area contributed by atoms with Crippen molar-refractivity contribution in [3.05, 3.63) is 35.0 Å². The normalized spacial score (nSPS) is 10.5. The number of ketones is 1. The van der Waals surface area contributed by atoms with Crippen LogP contribution in [0.25, 0.3) is 10.9 Å². The van der Waals surface area contributed by atoms with Gasteiger partial charge >= 0.3 is 0 Å². The van der Waals surface area contributed by atoms with Crippen LogP contribution in [0.3, 0.4) is 0 Å². The summed E-state index contributed by atoms with van der Waals surface area (Å²) in [6.45, 7) is 1.41. The molecule has 0 saturated heterocycles. The molecule has 0 radical (unpaired) electrons. The molecule has 1 amide bonds. The summed E-state index contributed by atoms with van der Waals surface area (Å²) in [4.78, 5) is 25.5. The number of halogens is 1. The highest BCUT2D eigenvalue weighted by molar-refractivity contribution is 6.38. The maximum Gasteiger partial charge on any atom is 0.269 e. The van der Waals surface area contributed by atoms with E-state index in [2.05, 4.69) is 10.3 Å². The van der Waals surface area contributed by atoms with Crippen LogP contribution in [0.15, 0.2) is 24.3 Å². The zero-order valence-electron chi connectivity index (χ0n) is 9.21. The van der Waals surface area contributed by atoms with E-state index in [0.29, 0.717) is 5.02 Å². The molecule has 1 aromatic carbocycles. The predicted molar refractivity (Wildman–Crippen MR) is 66.3 cm³/mol. The third kappa shape index (κ3) is 2.31. The van der Waals surface area contributed by atoms with E-state index < -0.39 is 0 Å². The number of carbonyl (C=O) groups is 2. The number of H-pyrrole nitrogens is 1. The Hall–Kier alpha value is -1.81. The van der Waals surface area contributed by atoms with Gasteiger partial charge in [-0.3, -0.25) is 9.59 Å². The molecule has 0 aliphatic heterocycles. The molecule has 2 aromatic rings. The standard InChI is InChI=1S/C12H11ClN2O2/c1-7(16)6-14-12(17)11-10(13)8-4-2-3-5-9(8)15-11/h2-5,15H,6H2,1H3,(H,14,17). The van der Waals surface area contributed by atoms with Crippen molar-refractivity contribution in [2.45, 2.75) is 6.92 Å². The fourth-order valence-electron chi connectivity index (χ4n) is 1.56. The Morgan fingerprint density at radius 3 is 2.71 bits per heavy atom. The molecule has 4 nitrogen and oxygen atoms in total. The van der Waals surface area contributed by atoms with Gasteiger partial charge in [-0.1, -0.05) is 29.8 Å². The van der Waals surface area contributed by atoms with E-state index >= 15 is 0 Å². The van der Waals surface area contributed by atoms with Crippen LogP contribution < -0.4 is 5.32 Å². The van der Waals surface area contributed by atoms with Crippen LogP contribution in [0.5, 0.6) is 0 Å². The van der Waals surface area contributed by atoms with Crippen molar-refractivity contribution in [2.75, 3.05) is 6.54 Å². The summed E-state index contributed by atoms with van der Waals surface area (Å²) >= 11 is 6.09. The maximum absolute atomic E-state index is 11.8. The first-order valence-corrected chi connectivity index (χ1v) is 5.51. The lowest BCUT2D eigenvalue weighted by molar-refractivity contribution is -0.116. The van der Waals surface area contributed by atoms with Gasteiger partial charge in [0.15, 0.2) is 0 Å². The molecule has 0 atom stereocenters. The topological polar surface area (TPSA) is 62.0 Å². The zero-order valence-corrected chi connectivity index (χ0v) is 9.97. The fraction of sp³-hybridized carbons (Fsp3) is 0.167. The Labute approximate surface area is 103 Å². The first-order chi connectivity index (χ1) is 8.09. The van der Waals surface area contributed by atoms with Gasteiger partial charge in [0.1, 0.15) is 11.5 Å². The summed E-state index contributed by atoms with van der Waals surface area (Å²) in [5.41, 5.74) is 1.08. The molecule has 0 aliphatic rings. The predicted octanol–water partition coefficient (Wildman–Crippen LogP) is 2.14. The van der Waals surface area contributed by atoms with Crippen molar-refractivity contribution in [3.63, 3.8) is 0 Å². The lowest BCUT2D eigenvalue weighted by Crippen LogP contribution is -2.28. The number of amides is 1. The van der Waals surface area contributed by atoms with Gasteiger partial charge < -0.3 is 10.3 Å². The number of hydrogen-bond acceptors (Lipinski definition) is 2. The second-order valence-electron chi connectivity index (χ2n) is 3.74. The summed E-state index contributed by atoms with van der Waals surface area (Å²) < 4.78 is 0. The number of rotatable bonds is 3. The van der Waals surface area contributed by atoms with Crippen LogP contribution in [0.2, 0.25) is 5.02 Å². The zero-order chi connectivity index (χ0) is 12.4. The highest BCUT2D eigenvalue weighted by atomic mass is 35.5. The molecular weight excluding hydrogens is 240 g/mol. The minimum atomic E-state index is -0.374. The van der Waals surface area contributed by atoms with E-state index in [4.69, 9.17) is 11.6 Å². The summed E-state index contributed by atoms with van der Waals surface area (Å²) in [5.74, 6) is -0.480. The molecule has 0 fully saturated rings. The Bertz CT molecular complexity index is 589. The Morgan fingerprint density at radius 1 is 1.35 bits per heavy atom. The number of hydrogen-bond donors (Lipinski definition) is 2. The minimum Gasteiger partial charge on any atom is -0.349 e. The molecule has 2 N–H and O–H groups in total. The van der Waals surface area contributed by atoms with Gasteiger partial charge in [-0.05, 0) is 13.0 Å². The first-order valence-electron chi connectivity index (χ1n) is 5.13. The first kappa shape index (κ1) is 11.7. The summed E-state index contributed by atoms with van der Waals surface area (Å²) in [5, 5.41) is 3.67. The van der Waals surface area contributed by atoms with Crippen molar-refractivity contribution >= 4 is 34.2 Å². The highest BCUT2D eigenvalue weighted by Gasteiger charge is 2.15. The van der Waals surface area contributed by atoms with Crippen molar-refractivity contribution in [3.8, 4) is 0 Å². The van der Waals surface area contributed by atoms with E-state index in [1.165, 1.54) is 6.92 Å². The van der Waals surface area contributed by atoms with Crippen molar-refractivity contribution < 1.29 is 9.59 Å². The van der Waals surface area contributed by atoms with Gasteiger partial charge in [0.25, 0.3) is 5.91 Å². The number of nitrogens with one attached hydrogen (secondary N) is 2. The van der Waals surface area contributed by atoms with Gasteiger partial charge in [-0.15, -0.1) is 0 Å². The summed E-state index contributed by atoms with van der Waals surface area (Å²) in [6, 6.07) is 7.37. The monoisotopic (exact) mass is 250 g/mol. The Morgan fingerprint density at radius 2 is 2.06 bits per heavy atom. The van der Waals surface area contributed by atoms with Gasteiger partial charge in [-0.2, -0.15) is 0 Å². The molecule has 17 heavy (non-hydrogen) atoms. The third-order valence-electron chi connectivity index (χ3n) is 2.37. The molecule has 1 aromatic heterocycles. The Kier molecular flexibility index (Phi) is 3.15. The van der Waals surface area contributed by atoms with E-state index in [-0.39, 0.29) is 23.9 Å². The quantitative estimate of drug-likeness (QED) is 0.877. The van der Waals surface area contributed by atoms with Gasteiger partial charge in [-0.25, -0.2) is 0 Å². The van der Waals surface area contributed by atoms with E-state index in [0.717, 1.165) is 10.9 Å². The van der Waals surface area contributed by atoms with Crippen molar-refractivity contribution in [1.82, 2.24) is 10.3 Å². The van der Waals surface area contributed by atoms with Crippen LogP contribution in [-0.2, 0) is 4.79 Å². The molecule has 0 spiro atoms. The Balaban J connectivity index is 2.32. The smallest absolute Gasteiger partial charge is 0.269 e. The molecular formula is C12H11ClN2O2. The SMILES string of the molecule is CC(=O)CNC(=O)c1[nH]c2ccccc2c1Cl. The number of aromatic nitrogens is 1. The lowest BCUT2D eigenvalue weighted by atomic mass is 10.2. The van der Waals surface area contributed by atoms with E-state index in [9.17, 15) is 9.59 Å². The van der Waals surface area contributed by atoms with Crippen molar-refractivity contribution in [1.29, 1.82) is 0 Å². The molecule has 1 heterocycles. The number of aromatic amines is 1. The number of para-hydroxylation sites is 1. The van der Waals surface area contributed by atoms with Crippen LogP contribution in [0, 0.1) is 0 Å². The number of fused-ring (bicyclic) bond motifs is 1. The van der Waals surface area contributed by atoms with Gasteiger partial charge in [0.05, 0.1) is 11.6 Å². The average molecular weight is 251 g/mol.